The van der Waals surface area contributed by atoms with Gasteiger partial charge in [0, 0.05) is 5.92 Å². The van der Waals surface area contributed by atoms with Crippen molar-refractivity contribution in [2.24, 2.45) is 0 Å². The minimum Gasteiger partial charge on any atom is -0.286 e. The minimum absolute atomic E-state index is 0.374. The van der Waals surface area contributed by atoms with Crippen molar-refractivity contribution >= 4 is 6.29 Å². The fourth-order valence-corrected chi connectivity index (χ4v) is 2.29. The Morgan fingerprint density at radius 2 is 1.42 bits per heavy atom. The normalized spacial score (nSPS) is 11.0. The van der Waals surface area contributed by atoms with Crippen LogP contribution >= 0.6 is 0 Å². The summed E-state index contributed by atoms with van der Waals surface area (Å²) >= 11 is 0. The molecule has 0 unspecified atom stereocenters. The molecule has 2 aromatic carbocycles. The van der Waals surface area contributed by atoms with Gasteiger partial charge in [0.1, 0.15) is 0 Å². The third-order valence-electron chi connectivity index (χ3n) is 3.21. The summed E-state index contributed by atoms with van der Waals surface area (Å²) in [4.78, 5) is 10.2. The van der Waals surface area contributed by atoms with Crippen molar-refractivity contribution in [3.05, 3.63) is 83.9 Å². The van der Waals surface area contributed by atoms with Gasteiger partial charge in [-0.05, 0) is 30.0 Å². The predicted molar refractivity (Wildman–Crippen MR) is 78.8 cm³/mol. The second kappa shape index (κ2) is 7.32. The van der Waals surface area contributed by atoms with Crippen molar-refractivity contribution in [2.45, 2.75) is 18.8 Å². The van der Waals surface area contributed by atoms with Gasteiger partial charge in [0.25, 0.3) is 0 Å². The van der Waals surface area contributed by atoms with E-state index in [1.54, 1.807) is 6.29 Å². The van der Waals surface area contributed by atoms with Crippen LogP contribution in [0, 0.1) is 0 Å². The van der Waals surface area contributed by atoms with Gasteiger partial charge >= 0.3 is 0 Å². The number of hydrogen-bond acceptors (Lipinski definition) is 1. The first kappa shape index (κ1) is 13.3. The highest BCUT2D eigenvalue weighted by Crippen LogP contribution is 2.28. The van der Waals surface area contributed by atoms with E-state index in [0.29, 0.717) is 5.92 Å². The second-order valence-corrected chi connectivity index (χ2v) is 4.47. The van der Waals surface area contributed by atoms with Crippen molar-refractivity contribution in [1.29, 1.82) is 0 Å². The van der Waals surface area contributed by atoms with Crippen LogP contribution in [0.3, 0.4) is 0 Å². The average Bonchev–Trinajstić information content (AvgIpc) is 2.49. The largest absolute Gasteiger partial charge is 0.286 e. The summed E-state index contributed by atoms with van der Waals surface area (Å²) < 4.78 is 0. The highest BCUT2D eigenvalue weighted by atomic mass is 16.1. The quantitative estimate of drug-likeness (QED) is 0.699. The molecule has 0 saturated heterocycles. The molecule has 0 aromatic heterocycles. The van der Waals surface area contributed by atoms with Gasteiger partial charge in [-0.15, -0.1) is 0 Å². The van der Waals surface area contributed by atoms with Gasteiger partial charge in [0.15, 0.2) is 0 Å². The summed E-state index contributed by atoms with van der Waals surface area (Å²) in [5.74, 6) is 0.374. The van der Waals surface area contributed by atoms with E-state index in [9.17, 15) is 4.79 Å². The predicted octanol–water partition coefficient (Wildman–Crippen LogP) is 4.26. The Morgan fingerprint density at radius 3 is 1.89 bits per heavy atom. The van der Waals surface area contributed by atoms with Crippen molar-refractivity contribution in [3.8, 4) is 0 Å². The van der Waals surface area contributed by atoms with Crippen LogP contribution in [0.2, 0.25) is 0 Å². The molecule has 1 radical (unpaired) electrons. The lowest BCUT2D eigenvalue weighted by atomic mass is 9.87. The van der Waals surface area contributed by atoms with Gasteiger partial charge in [-0.2, -0.15) is 0 Å². The summed E-state index contributed by atoms with van der Waals surface area (Å²) in [6.07, 6.45) is 6.99. The molecule has 19 heavy (non-hydrogen) atoms. The van der Waals surface area contributed by atoms with Crippen molar-refractivity contribution in [1.82, 2.24) is 0 Å². The van der Waals surface area contributed by atoms with Crippen LogP contribution < -0.4 is 0 Å². The summed E-state index contributed by atoms with van der Waals surface area (Å²) in [6, 6.07) is 21.0. The van der Waals surface area contributed by atoms with E-state index in [4.69, 9.17) is 0 Å². The lowest BCUT2D eigenvalue weighted by molar-refractivity contribution is 0.564. The molecule has 95 valence electrons. The third kappa shape index (κ3) is 3.92. The standard InChI is InChI=1S/C18H17O/c19-15-9-3-8-14-18(16-10-4-1-5-11-16)17-12-6-2-7-13-17/h1-7,9-13,18H,8,14H2. The zero-order valence-electron chi connectivity index (χ0n) is 10.8. The lowest BCUT2D eigenvalue weighted by Gasteiger charge is -2.17. The highest BCUT2D eigenvalue weighted by Gasteiger charge is 2.12. The van der Waals surface area contributed by atoms with Crippen LogP contribution in [0.5, 0.6) is 0 Å². The molecule has 2 rings (SSSR count). The monoisotopic (exact) mass is 249 g/mol. The number of carbonyl (C=O) groups excluding carboxylic acids is 1. The Morgan fingerprint density at radius 1 is 0.895 bits per heavy atom. The molecule has 0 atom stereocenters. The number of rotatable bonds is 6. The summed E-state index contributed by atoms with van der Waals surface area (Å²) in [6.45, 7) is 0. The van der Waals surface area contributed by atoms with E-state index in [2.05, 4.69) is 48.5 Å². The fourth-order valence-electron chi connectivity index (χ4n) is 2.29. The van der Waals surface area contributed by atoms with Gasteiger partial charge in [-0.25, -0.2) is 0 Å². The molecular formula is C18H17O. The first-order chi connectivity index (χ1) is 9.42. The van der Waals surface area contributed by atoms with Gasteiger partial charge < -0.3 is 0 Å². The molecule has 1 heteroatoms. The lowest BCUT2D eigenvalue weighted by Crippen LogP contribution is -2.00. The van der Waals surface area contributed by atoms with Gasteiger partial charge in [0.05, 0.1) is 0 Å². The minimum atomic E-state index is 0.374. The van der Waals surface area contributed by atoms with E-state index < -0.39 is 0 Å². The van der Waals surface area contributed by atoms with E-state index in [1.165, 1.54) is 17.2 Å². The Labute approximate surface area is 114 Å². The van der Waals surface area contributed by atoms with Gasteiger partial charge in [-0.1, -0.05) is 66.7 Å². The van der Waals surface area contributed by atoms with Crippen molar-refractivity contribution in [2.75, 3.05) is 0 Å². The Kier molecular flexibility index (Phi) is 5.12. The first-order valence-corrected chi connectivity index (χ1v) is 6.54. The molecular weight excluding hydrogens is 232 g/mol. The summed E-state index contributed by atoms with van der Waals surface area (Å²) in [7, 11) is 0. The van der Waals surface area contributed by atoms with E-state index in [0.717, 1.165) is 12.8 Å². The molecule has 0 heterocycles. The molecule has 0 fully saturated rings. The van der Waals surface area contributed by atoms with Crippen LogP contribution in [0.15, 0.2) is 72.8 Å². The third-order valence-corrected chi connectivity index (χ3v) is 3.21. The van der Waals surface area contributed by atoms with Crippen LogP contribution in [-0.4, -0.2) is 6.29 Å². The number of hydrogen-bond donors (Lipinski definition) is 0. The molecule has 1 nitrogen and oxygen atoms in total. The average molecular weight is 249 g/mol. The maximum atomic E-state index is 10.2. The highest BCUT2D eigenvalue weighted by molar-refractivity contribution is 5.65. The SMILES string of the molecule is O=[C]C=CCCC(c1ccccc1)c1ccccc1. The molecule has 2 aromatic rings. The molecule has 0 aliphatic rings. The Balaban J connectivity index is 2.19. The van der Waals surface area contributed by atoms with Crippen molar-refractivity contribution < 1.29 is 4.79 Å². The summed E-state index contributed by atoms with van der Waals surface area (Å²) in [5, 5.41) is 0. The van der Waals surface area contributed by atoms with Gasteiger partial charge in [0.2, 0.25) is 6.29 Å². The molecule has 0 bridgehead atoms. The molecule has 0 aliphatic heterocycles. The maximum absolute atomic E-state index is 10.2. The smallest absolute Gasteiger partial charge is 0.225 e. The molecule has 0 amide bonds. The Bertz CT molecular complexity index is 474. The Hall–Kier alpha value is -2.15. The van der Waals surface area contributed by atoms with E-state index in [-0.39, 0.29) is 0 Å². The molecule has 0 aliphatic carbocycles. The van der Waals surface area contributed by atoms with Crippen LogP contribution in [0.4, 0.5) is 0 Å². The summed E-state index contributed by atoms with van der Waals surface area (Å²) in [5.41, 5.74) is 2.63. The zero-order chi connectivity index (χ0) is 13.3. The van der Waals surface area contributed by atoms with Crippen LogP contribution in [-0.2, 0) is 4.79 Å². The molecule has 0 N–H and O–H groups in total. The molecule has 0 saturated carbocycles. The maximum Gasteiger partial charge on any atom is 0.225 e. The van der Waals surface area contributed by atoms with E-state index >= 15 is 0 Å². The number of benzene rings is 2. The van der Waals surface area contributed by atoms with Crippen LogP contribution in [0.1, 0.15) is 29.9 Å². The number of allylic oxidation sites excluding steroid dienone is 2. The first-order valence-electron chi connectivity index (χ1n) is 6.54. The topological polar surface area (TPSA) is 17.1 Å². The van der Waals surface area contributed by atoms with E-state index in [1.807, 2.05) is 18.2 Å². The van der Waals surface area contributed by atoms with Crippen LogP contribution in [0.25, 0.3) is 0 Å². The molecule has 0 spiro atoms. The van der Waals surface area contributed by atoms with Crippen molar-refractivity contribution in [3.63, 3.8) is 0 Å². The second-order valence-electron chi connectivity index (χ2n) is 4.47. The van der Waals surface area contributed by atoms with Gasteiger partial charge in [-0.3, -0.25) is 4.79 Å². The fraction of sp³-hybridized carbons (Fsp3) is 0.167. The zero-order valence-corrected chi connectivity index (χ0v) is 10.8.